The lowest BCUT2D eigenvalue weighted by Crippen LogP contribution is -2.13. The highest BCUT2D eigenvalue weighted by atomic mass is 35.5. The molecule has 0 spiro atoms. The SMILES string of the molecule is OC(COc1ccccc1C(F)(F)F)c1ccc(Cl)cc1. The molecule has 0 heterocycles. The number of ether oxygens (including phenoxy) is 1. The molecular weight excluding hydrogens is 305 g/mol. The van der Waals surface area contributed by atoms with Crippen molar-refractivity contribution in [1.29, 1.82) is 0 Å². The van der Waals surface area contributed by atoms with Gasteiger partial charge in [-0.05, 0) is 29.8 Å². The van der Waals surface area contributed by atoms with E-state index in [0.717, 1.165) is 6.07 Å². The van der Waals surface area contributed by atoms with Crippen molar-refractivity contribution < 1.29 is 23.0 Å². The second-order valence-corrected chi connectivity index (χ2v) is 4.81. The summed E-state index contributed by atoms with van der Waals surface area (Å²) in [5.41, 5.74) is -0.350. The highest BCUT2D eigenvalue weighted by Crippen LogP contribution is 2.36. The van der Waals surface area contributed by atoms with E-state index in [1.54, 1.807) is 24.3 Å². The van der Waals surface area contributed by atoms with Crippen LogP contribution in [0.5, 0.6) is 5.75 Å². The smallest absolute Gasteiger partial charge is 0.419 e. The van der Waals surface area contributed by atoms with Crippen molar-refractivity contribution in [2.24, 2.45) is 0 Å². The van der Waals surface area contributed by atoms with Gasteiger partial charge in [0.2, 0.25) is 0 Å². The summed E-state index contributed by atoms with van der Waals surface area (Å²) in [7, 11) is 0. The number of hydrogen-bond acceptors (Lipinski definition) is 2. The van der Waals surface area contributed by atoms with Crippen LogP contribution in [0.3, 0.4) is 0 Å². The van der Waals surface area contributed by atoms with Crippen LogP contribution in [-0.2, 0) is 6.18 Å². The first-order chi connectivity index (χ1) is 9.88. The summed E-state index contributed by atoms with van der Waals surface area (Å²) in [6.45, 7) is -0.283. The van der Waals surface area contributed by atoms with Crippen LogP contribution < -0.4 is 4.74 Å². The molecule has 1 N–H and O–H groups in total. The van der Waals surface area contributed by atoms with Crippen LogP contribution in [0.15, 0.2) is 48.5 Å². The molecule has 2 rings (SSSR count). The zero-order chi connectivity index (χ0) is 15.5. The van der Waals surface area contributed by atoms with E-state index in [9.17, 15) is 18.3 Å². The molecule has 0 aliphatic carbocycles. The van der Waals surface area contributed by atoms with Gasteiger partial charge in [0.1, 0.15) is 18.5 Å². The number of para-hydroxylation sites is 1. The van der Waals surface area contributed by atoms with Crippen LogP contribution in [0, 0.1) is 0 Å². The van der Waals surface area contributed by atoms with Gasteiger partial charge in [-0.3, -0.25) is 0 Å². The molecule has 0 aliphatic rings. The van der Waals surface area contributed by atoms with E-state index in [2.05, 4.69) is 0 Å². The molecule has 0 bridgehead atoms. The van der Waals surface area contributed by atoms with Gasteiger partial charge < -0.3 is 9.84 Å². The van der Waals surface area contributed by atoms with Crippen molar-refractivity contribution in [2.45, 2.75) is 12.3 Å². The summed E-state index contributed by atoms with van der Waals surface area (Å²) < 4.78 is 43.5. The highest BCUT2D eigenvalue weighted by molar-refractivity contribution is 6.30. The van der Waals surface area contributed by atoms with Crippen molar-refractivity contribution in [3.63, 3.8) is 0 Å². The molecule has 0 saturated carbocycles. The minimum Gasteiger partial charge on any atom is -0.490 e. The number of halogens is 4. The molecule has 21 heavy (non-hydrogen) atoms. The standard InChI is InChI=1S/C15H12ClF3O2/c16-11-7-5-10(6-8-11)13(20)9-21-14-4-2-1-3-12(14)15(17,18)19/h1-8,13,20H,9H2. The van der Waals surface area contributed by atoms with Crippen molar-refractivity contribution in [1.82, 2.24) is 0 Å². The number of alkyl halides is 3. The van der Waals surface area contributed by atoms with E-state index in [-0.39, 0.29) is 12.4 Å². The number of hydrogen-bond donors (Lipinski definition) is 1. The zero-order valence-electron chi connectivity index (χ0n) is 10.8. The lowest BCUT2D eigenvalue weighted by molar-refractivity contribution is -0.139. The van der Waals surface area contributed by atoms with E-state index in [4.69, 9.17) is 16.3 Å². The predicted molar refractivity (Wildman–Crippen MR) is 73.4 cm³/mol. The first-order valence-electron chi connectivity index (χ1n) is 6.10. The average Bonchev–Trinajstić information content (AvgIpc) is 2.45. The minimum absolute atomic E-state index is 0.283. The molecule has 0 fully saturated rings. The highest BCUT2D eigenvalue weighted by Gasteiger charge is 2.34. The Morgan fingerprint density at radius 1 is 1.05 bits per heavy atom. The Labute approximate surface area is 124 Å². The molecule has 112 valence electrons. The molecule has 0 amide bonds. The maximum absolute atomic E-state index is 12.8. The van der Waals surface area contributed by atoms with E-state index in [1.807, 2.05) is 0 Å². The Kier molecular flexibility index (Phi) is 4.75. The summed E-state index contributed by atoms with van der Waals surface area (Å²) >= 11 is 5.72. The fourth-order valence-corrected chi connectivity index (χ4v) is 1.90. The van der Waals surface area contributed by atoms with E-state index in [1.165, 1.54) is 18.2 Å². The van der Waals surface area contributed by atoms with Gasteiger partial charge in [-0.1, -0.05) is 35.9 Å². The van der Waals surface area contributed by atoms with Gasteiger partial charge in [-0.25, -0.2) is 0 Å². The lowest BCUT2D eigenvalue weighted by atomic mass is 10.1. The number of aliphatic hydroxyl groups excluding tert-OH is 1. The van der Waals surface area contributed by atoms with Crippen LogP contribution in [0.4, 0.5) is 13.2 Å². The number of rotatable bonds is 4. The van der Waals surface area contributed by atoms with Gasteiger partial charge in [-0.2, -0.15) is 13.2 Å². The molecule has 6 heteroatoms. The summed E-state index contributed by atoms with van der Waals surface area (Å²) in [4.78, 5) is 0. The topological polar surface area (TPSA) is 29.5 Å². The fraction of sp³-hybridized carbons (Fsp3) is 0.200. The van der Waals surface area contributed by atoms with Crippen molar-refractivity contribution in [3.05, 3.63) is 64.7 Å². The normalized spacial score (nSPS) is 13.0. The van der Waals surface area contributed by atoms with E-state index < -0.39 is 17.8 Å². The van der Waals surface area contributed by atoms with Crippen LogP contribution in [-0.4, -0.2) is 11.7 Å². The van der Waals surface area contributed by atoms with E-state index >= 15 is 0 Å². The second-order valence-electron chi connectivity index (χ2n) is 4.37. The molecule has 0 radical (unpaired) electrons. The van der Waals surface area contributed by atoms with Crippen molar-refractivity contribution in [2.75, 3.05) is 6.61 Å². The Morgan fingerprint density at radius 3 is 2.29 bits per heavy atom. The molecule has 1 atom stereocenters. The minimum atomic E-state index is -4.50. The second kappa shape index (κ2) is 6.37. The van der Waals surface area contributed by atoms with Gasteiger partial charge in [0.15, 0.2) is 0 Å². The zero-order valence-corrected chi connectivity index (χ0v) is 11.5. The van der Waals surface area contributed by atoms with Gasteiger partial charge in [0, 0.05) is 5.02 Å². The molecule has 2 aromatic carbocycles. The first kappa shape index (κ1) is 15.7. The maximum Gasteiger partial charge on any atom is 0.419 e. The molecule has 0 aromatic heterocycles. The first-order valence-corrected chi connectivity index (χ1v) is 6.48. The predicted octanol–water partition coefficient (Wildman–Crippen LogP) is 4.47. The molecule has 2 nitrogen and oxygen atoms in total. The van der Waals surface area contributed by atoms with Gasteiger partial charge in [-0.15, -0.1) is 0 Å². The summed E-state index contributed by atoms with van der Waals surface area (Å²) in [6.07, 6.45) is -5.54. The molecular formula is C15H12ClF3O2. The largest absolute Gasteiger partial charge is 0.490 e. The van der Waals surface area contributed by atoms with Gasteiger partial charge in [0.05, 0.1) is 5.56 Å². The van der Waals surface area contributed by atoms with Crippen LogP contribution >= 0.6 is 11.6 Å². The van der Waals surface area contributed by atoms with Crippen LogP contribution in [0.2, 0.25) is 5.02 Å². The maximum atomic E-state index is 12.8. The third kappa shape index (κ3) is 4.12. The molecule has 1 unspecified atom stereocenters. The Morgan fingerprint density at radius 2 is 1.67 bits per heavy atom. The molecule has 2 aromatic rings. The summed E-state index contributed by atoms with van der Waals surface area (Å²) in [6, 6.07) is 11.2. The lowest BCUT2D eigenvalue weighted by Gasteiger charge is -2.16. The van der Waals surface area contributed by atoms with Gasteiger partial charge >= 0.3 is 6.18 Å². The van der Waals surface area contributed by atoms with Crippen LogP contribution in [0.1, 0.15) is 17.2 Å². The Hall–Kier alpha value is -1.72. The third-order valence-electron chi connectivity index (χ3n) is 2.84. The van der Waals surface area contributed by atoms with Crippen molar-refractivity contribution >= 4 is 11.6 Å². The third-order valence-corrected chi connectivity index (χ3v) is 3.10. The molecule has 0 aliphatic heterocycles. The fourth-order valence-electron chi connectivity index (χ4n) is 1.78. The molecule has 0 saturated heterocycles. The van der Waals surface area contributed by atoms with Gasteiger partial charge in [0.25, 0.3) is 0 Å². The summed E-state index contributed by atoms with van der Waals surface area (Å²) in [5.74, 6) is -0.307. The Bertz CT molecular complexity index is 597. The Balaban J connectivity index is 2.08. The number of aliphatic hydroxyl groups is 1. The summed E-state index contributed by atoms with van der Waals surface area (Å²) in [5, 5.41) is 10.4. The average molecular weight is 317 g/mol. The number of benzene rings is 2. The monoisotopic (exact) mass is 316 g/mol. The van der Waals surface area contributed by atoms with Crippen molar-refractivity contribution in [3.8, 4) is 5.75 Å². The van der Waals surface area contributed by atoms with Crippen LogP contribution in [0.25, 0.3) is 0 Å². The quantitative estimate of drug-likeness (QED) is 0.901. The van der Waals surface area contributed by atoms with E-state index in [0.29, 0.717) is 10.6 Å².